The Labute approximate surface area is 115 Å². The zero-order valence-electron chi connectivity index (χ0n) is 10.8. The van der Waals surface area contributed by atoms with Crippen molar-refractivity contribution in [1.29, 1.82) is 0 Å². The Balaban J connectivity index is 1.95. The summed E-state index contributed by atoms with van der Waals surface area (Å²) in [6.07, 6.45) is 2.60. The highest BCUT2D eigenvalue weighted by atomic mass is 16.5. The quantitative estimate of drug-likeness (QED) is 0.846. The standard InChI is InChI=1S/C15H12N2O3/c1-9-15(19)17-12-7-10(4-5-13(12)20-9)14(18)11-3-2-6-16-8-11/h2-9H,1H3,(H,17,19). The number of nitrogens with one attached hydrogen (secondary N) is 1. The fraction of sp³-hybridized carbons (Fsp3) is 0.133. The Morgan fingerprint density at radius 3 is 2.90 bits per heavy atom. The fourth-order valence-electron chi connectivity index (χ4n) is 2.01. The minimum atomic E-state index is -0.526. The number of nitrogens with zero attached hydrogens (tertiary/aromatic N) is 1. The number of anilines is 1. The Kier molecular flexibility index (Phi) is 2.95. The Morgan fingerprint density at radius 2 is 2.15 bits per heavy atom. The van der Waals surface area contributed by atoms with E-state index in [0.717, 1.165) is 0 Å². The number of carbonyl (C=O) groups excluding carboxylic acids is 2. The summed E-state index contributed by atoms with van der Waals surface area (Å²) < 4.78 is 5.45. The summed E-state index contributed by atoms with van der Waals surface area (Å²) in [7, 11) is 0. The van der Waals surface area contributed by atoms with Gasteiger partial charge in [0.25, 0.3) is 5.91 Å². The molecular formula is C15H12N2O3. The molecule has 5 heteroatoms. The number of benzene rings is 1. The molecule has 0 saturated carbocycles. The molecular weight excluding hydrogens is 256 g/mol. The Hall–Kier alpha value is -2.69. The molecule has 0 saturated heterocycles. The molecule has 2 aromatic rings. The van der Waals surface area contributed by atoms with E-state index in [1.165, 1.54) is 6.20 Å². The third-order valence-corrected chi connectivity index (χ3v) is 3.10. The zero-order chi connectivity index (χ0) is 14.1. The fourth-order valence-corrected chi connectivity index (χ4v) is 2.01. The number of ketones is 1. The van der Waals surface area contributed by atoms with Crippen LogP contribution in [-0.2, 0) is 4.79 Å². The van der Waals surface area contributed by atoms with Crippen molar-refractivity contribution in [2.24, 2.45) is 0 Å². The van der Waals surface area contributed by atoms with Crippen molar-refractivity contribution < 1.29 is 14.3 Å². The van der Waals surface area contributed by atoms with Gasteiger partial charge in [0.15, 0.2) is 11.9 Å². The largest absolute Gasteiger partial charge is 0.479 e. The number of rotatable bonds is 2. The van der Waals surface area contributed by atoms with Gasteiger partial charge in [-0.1, -0.05) is 0 Å². The van der Waals surface area contributed by atoms with Crippen molar-refractivity contribution in [2.75, 3.05) is 5.32 Å². The molecule has 1 aromatic heterocycles. The topological polar surface area (TPSA) is 68.3 Å². The van der Waals surface area contributed by atoms with Crippen molar-refractivity contribution in [3.8, 4) is 5.75 Å². The summed E-state index contributed by atoms with van der Waals surface area (Å²) in [5, 5.41) is 2.72. The minimum Gasteiger partial charge on any atom is -0.479 e. The van der Waals surface area contributed by atoms with Crippen molar-refractivity contribution in [2.45, 2.75) is 13.0 Å². The SMILES string of the molecule is CC1Oc2ccc(C(=O)c3cccnc3)cc2NC1=O. The molecule has 0 radical (unpaired) electrons. The lowest BCUT2D eigenvalue weighted by molar-refractivity contribution is -0.122. The maximum Gasteiger partial charge on any atom is 0.265 e. The van der Waals surface area contributed by atoms with Gasteiger partial charge in [-0.25, -0.2) is 0 Å². The van der Waals surface area contributed by atoms with Gasteiger partial charge < -0.3 is 10.1 Å². The van der Waals surface area contributed by atoms with Crippen LogP contribution in [0.15, 0.2) is 42.7 Å². The summed E-state index contributed by atoms with van der Waals surface area (Å²) in [5.41, 5.74) is 1.50. The third-order valence-electron chi connectivity index (χ3n) is 3.10. The third kappa shape index (κ3) is 2.14. The van der Waals surface area contributed by atoms with Crippen LogP contribution >= 0.6 is 0 Å². The van der Waals surface area contributed by atoms with Gasteiger partial charge >= 0.3 is 0 Å². The van der Waals surface area contributed by atoms with Crippen LogP contribution in [0.2, 0.25) is 0 Å². The Bertz CT molecular complexity index is 683. The van der Waals surface area contributed by atoms with E-state index in [2.05, 4.69) is 10.3 Å². The number of aromatic nitrogens is 1. The van der Waals surface area contributed by atoms with E-state index < -0.39 is 6.10 Å². The molecule has 100 valence electrons. The average molecular weight is 268 g/mol. The van der Waals surface area contributed by atoms with E-state index in [1.807, 2.05) is 0 Å². The van der Waals surface area contributed by atoms with Gasteiger partial charge in [0.2, 0.25) is 0 Å². The second-order valence-corrected chi connectivity index (χ2v) is 4.53. The van der Waals surface area contributed by atoms with E-state index in [0.29, 0.717) is 22.6 Å². The average Bonchev–Trinajstić information content (AvgIpc) is 2.48. The van der Waals surface area contributed by atoms with Crippen LogP contribution in [0.25, 0.3) is 0 Å². The number of carbonyl (C=O) groups is 2. The minimum absolute atomic E-state index is 0.145. The molecule has 5 nitrogen and oxygen atoms in total. The molecule has 2 heterocycles. The van der Waals surface area contributed by atoms with E-state index in [-0.39, 0.29) is 11.7 Å². The second kappa shape index (κ2) is 4.77. The van der Waals surface area contributed by atoms with Crippen molar-refractivity contribution in [1.82, 2.24) is 4.98 Å². The summed E-state index contributed by atoms with van der Waals surface area (Å²) >= 11 is 0. The maximum atomic E-state index is 12.3. The van der Waals surface area contributed by atoms with Gasteiger partial charge in [0, 0.05) is 23.5 Å². The van der Waals surface area contributed by atoms with E-state index in [4.69, 9.17) is 4.74 Å². The lowest BCUT2D eigenvalue weighted by atomic mass is 10.0. The molecule has 0 aliphatic carbocycles. The van der Waals surface area contributed by atoms with E-state index >= 15 is 0 Å². The lowest BCUT2D eigenvalue weighted by Crippen LogP contribution is -2.34. The highest BCUT2D eigenvalue weighted by Gasteiger charge is 2.24. The number of fused-ring (bicyclic) bond motifs is 1. The first kappa shape index (κ1) is 12.3. The van der Waals surface area contributed by atoms with Gasteiger partial charge in [-0.15, -0.1) is 0 Å². The van der Waals surface area contributed by atoms with Crippen LogP contribution in [0.3, 0.4) is 0 Å². The molecule has 20 heavy (non-hydrogen) atoms. The number of ether oxygens (including phenoxy) is 1. The zero-order valence-corrected chi connectivity index (χ0v) is 10.8. The summed E-state index contributed by atoms with van der Waals surface area (Å²) in [6.45, 7) is 1.67. The monoisotopic (exact) mass is 268 g/mol. The molecule has 1 aliphatic rings. The van der Waals surface area contributed by atoms with Crippen molar-refractivity contribution >= 4 is 17.4 Å². The van der Waals surface area contributed by atoms with Gasteiger partial charge in [-0.2, -0.15) is 0 Å². The van der Waals surface area contributed by atoms with Crippen molar-refractivity contribution in [3.63, 3.8) is 0 Å². The number of pyridine rings is 1. The molecule has 1 N–H and O–H groups in total. The van der Waals surface area contributed by atoms with Gasteiger partial charge in [0.05, 0.1) is 5.69 Å². The van der Waals surface area contributed by atoms with Crippen LogP contribution in [0.1, 0.15) is 22.8 Å². The summed E-state index contributed by atoms with van der Waals surface area (Å²) in [6, 6.07) is 8.39. The molecule has 1 aliphatic heterocycles. The molecule has 1 atom stereocenters. The summed E-state index contributed by atoms with van der Waals surface area (Å²) in [4.78, 5) is 27.8. The lowest BCUT2D eigenvalue weighted by Gasteiger charge is -2.23. The Morgan fingerprint density at radius 1 is 1.30 bits per heavy atom. The van der Waals surface area contributed by atoms with Crippen LogP contribution in [0.4, 0.5) is 5.69 Å². The number of hydrogen-bond acceptors (Lipinski definition) is 4. The molecule has 0 bridgehead atoms. The number of amides is 1. The van der Waals surface area contributed by atoms with Crippen molar-refractivity contribution in [3.05, 3.63) is 53.9 Å². The number of hydrogen-bond donors (Lipinski definition) is 1. The van der Waals surface area contributed by atoms with E-state index in [1.54, 1.807) is 43.5 Å². The normalized spacial score (nSPS) is 16.9. The van der Waals surface area contributed by atoms with Gasteiger partial charge in [0.1, 0.15) is 5.75 Å². The highest BCUT2D eigenvalue weighted by Crippen LogP contribution is 2.31. The van der Waals surface area contributed by atoms with Crippen LogP contribution in [0, 0.1) is 0 Å². The first-order valence-electron chi connectivity index (χ1n) is 6.21. The summed E-state index contributed by atoms with van der Waals surface area (Å²) in [5.74, 6) is 0.206. The van der Waals surface area contributed by atoms with Crippen LogP contribution in [0.5, 0.6) is 5.75 Å². The van der Waals surface area contributed by atoms with Gasteiger partial charge in [-0.05, 0) is 37.3 Å². The second-order valence-electron chi connectivity index (χ2n) is 4.53. The highest BCUT2D eigenvalue weighted by molar-refractivity contribution is 6.10. The molecule has 1 amide bonds. The molecule has 1 unspecified atom stereocenters. The molecule has 3 rings (SSSR count). The predicted octanol–water partition coefficient (Wildman–Crippen LogP) is 2.03. The smallest absolute Gasteiger partial charge is 0.265 e. The predicted molar refractivity (Wildman–Crippen MR) is 72.8 cm³/mol. The first-order valence-corrected chi connectivity index (χ1v) is 6.21. The molecule has 0 fully saturated rings. The van der Waals surface area contributed by atoms with Gasteiger partial charge in [-0.3, -0.25) is 14.6 Å². The first-order chi connectivity index (χ1) is 9.65. The van der Waals surface area contributed by atoms with Crippen LogP contribution in [-0.4, -0.2) is 22.8 Å². The van der Waals surface area contributed by atoms with Crippen LogP contribution < -0.4 is 10.1 Å². The van der Waals surface area contributed by atoms with E-state index in [9.17, 15) is 9.59 Å². The maximum absolute atomic E-state index is 12.3. The molecule has 0 spiro atoms. The molecule has 1 aromatic carbocycles.